The Bertz CT molecular complexity index is 547. The third-order valence-corrected chi connectivity index (χ3v) is 3.26. The quantitative estimate of drug-likeness (QED) is 0.890. The first kappa shape index (κ1) is 12.6. The summed E-state index contributed by atoms with van der Waals surface area (Å²) in [4.78, 5) is 17.9. The number of hydrogen-bond acceptors (Lipinski definition) is 5. The Morgan fingerprint density at radius 2 is 2.39 bits per heavy atom. The Morgan fingerprint density at radius 1 is 1.61 bits per heavy atom. The SMILES string of the molecule is Cc1nc(CN(C)C(=O)Cn2cc(N)cn2)cs1. The number of rotatable bonds is 4. The second-order valence-electron chi connectivity index (χ2n) is 4.08. The van der Waals surface area contributed by atoms with Gasteiger partial charge in [0.1, 0.15) is 6.54 Å². The van der Waals surface area contributed by atoms with Gasteiger partial charge in [-0.1, -0.05) is 0 Å². The largest absolute Gasteiger partial charge is 0.396 e. The van der Waals surface area contributed by atoms with Crippen molar-refractivity contribution in [3.63, 3.8) is 0 Å². The van der Waals surface area contributed by atoms with Gasteiger partial charge in [-0.25, -0.2) is 4.98 Å². The third kappa shape index (κ3) is 3.07. The maximum Gasteiger partial charge on any atom is 0.244 e. The molecule has 0 unspecified atom stereocenters. The Kier molecular flexibility index (Phi) is 3.61. The molecule has 0 saturated carbocycles. The van der Waals surface area contributed by atoms with Crippen LogP contribution >= 0.6 is 11.3 Å². The van der Waals surface area contributed by atoms with Crippen LogP contribution in [0.1, 0.15) is 10.7 Å². The number of thiazole rings is 1. The molecule has 0 atom stereocenters. The molecule has 0 bridgehead atoms. The standard InChI is InChI=1S/C11H15N5OS/c1-8-14-10(7-18-8)5-15(2)11(17)6-16-4-9(12)3-13-16/h3-4,7H,5-6,12H2,1-2H3. The predicted octanol–water partition coefficient (Wildman–Crippen LogP) is 0.889. The molecule has 0 fully saturated rings. The number of anilines is 1. The highest BCUT2D eigenvalue weighted by molar-refractivity contribution is 7.09. The third-order valence-electron chi connectivity index (χ3n) is 2.44. The summed E-state index contributed by atoms with van der Waals surface area (Å²) in [5.74, 6) is -0.0243. The minimum atomic E-state index is -0.0243. The van der Waals surface area contributed by atoms with Crippen molar-refractivity contribution < 1.29 is 4.79 Å². The number of carbonyl (C=O) groups excluding carboxylic acids is 1. The molecule has 2 heterocycles. The summed E-state index contributed by atoms with van der Waals surface area (Å²) in [6, 6.07) is 0. The fourth-order valence-electron chi connectivity index (χ4n) is 1.54. The van der Waals surface area contributed by atoms with Crippen molar-refractivity contribution in [2.45, 2.75) is 20.0 Å². The number of carbonyl (C=O) groups is 1. The Morgan fingerprint density at radius 3 is 2.94 bits per heavy atom. The predicted molar refractivity (Wildman–Crippen MR) is 70.0 cm³/mol. The zero-order chi connectivity index (χ0) is 13.1. The maximum absolute atomic E-state index is 11.9. The van der Waals surface area contributed by atoms with E-state index in [0.29, 0.717) is 12.2 Å². The van der Waals surface area contributed by atoms with E-state index in [1.807, 2.05) is 12.3 Å². The highest BCUT2D eigenvalue weighted by Gasteiger charge is 2.11. The van der Waals surface area contributed by atoms with Crippen molar-refractivity contribution in [2.75, 3.05) is 12.8 Å². The number of nitrogens with two attached hydrogens (primary N) is 1. The number of hydrogen-bond donors (Lipinski definition) is 1. The van der Waals surface area contributed by atoms with Crippen LogP contribution in [-0.4, -0.2) is 32.6 Å². The summed E-state index contributed by atoms with van der Waals surface area (Å²) in [6.45, 7) is 2.65. The van der Waals surface area contributed by atoms with E-state index in [9.17, 15) is 4.79 Å². The number of likely N-dealkylation sites (N-methyl/N-ethyl adjacent to an activating group) is 1. The zero-order valence-electron chi connectivity index (χ0n) is 10.3. The molecule has 2 N–H and O–H groups in total. The van der Waals surface area contributed by atoms with E-state index < -0.39 is 0 Å². The van der Waals surface area contributed by atoms with Crippen LogP contribution in [0.25, 0.3) is 0 Å². The molecule has 2 aromatic heterocycles. The minimum Gasteiger partial charge on any atom is -0.396 e. The molecule has 0 aromatic carbocycles. The molecule has 0 aliphatic carbocycles. The van der Waals surface area contributed by atoms with Crippen LogP contribution < -0.4 is 5.73 Å². The van der Waals surface area contributed by atoms with Gasteiger partial charge in [-0.15, -0.1) is 11.3 Å². The van der Waals surface area contributed by atoms with Crippen molar-refractivity contribution in [1.29, 1.82) is 0 Å². The molecule has 0 spiro atoms. The van der Waals surface area contributed by atoms with Crippen molar-refractivity contribution in [2.24, 2.45) is 0 Å². The van der Waals surface area contributed by atoms with Crippen LogP contribution in [-0.2, 0) is 17.9 Å². The molecular formula is C11H15N5OS. The first-order valence-electron chi connectivity index (χ1n) is 5.47. The lowest BCUT2D eigenvalue weighted by Gasteiger charge is -2.15. The average molecular weight is 265 g/mol. The summed E-state index contributed by atoms with van der Waals surface area (Å²) in [6.07, 6.45) is 3.16. The van der Waals surface area contributed by atoms with E-state index in [-0.39, 0.29) is 12.5 Å². The fourth-order valence-corrected chi connectivity index (χ4v) is 2.14. The molecule has 0 aliphatic rings. The van der Waals surface area contributed by atoms with Gasteiger partial charge in [0.25, 0.3) is 0 Å². The lowest BCUT2D eigenvalue weighted by atomic mass is 10.4. The van der Waals surface area contributed by atoms with Gasteiger partial charge in [-0.05, 0) is 6.92 Å². The topological polar surface area (TPSA) is 77.0 Å². The number of nitrogens with zero attached hydrogens (tertiary/aromatic N) is 4. The van der Waals surface area contributed by atoms with Gasteiger partial charge >= 0.3 is 0 Å². The van der Waals surface area contributed by atoms with Crippen LogP contribution in [0.3, 0.4) is 0 Å². The molecule has 6 nitrogen and oxygen atoms in total. The van der Waals surface area contributed by atoms with Crippen molar-refractivity contribution in [1.82, 2.24) is 19.7 Å². The molecule has 18 heavy (non-hydrogen) atoms. The minimum absolute atomic E-state index is 0.0243. The Balaban J connectivity index is 1.92. The summed E-state index contributed by atoms with van der Waals surface area (Å²) < 4.78 is 1.53. The molecule has 0 radical (unpaired) electrons. The van der Waals surface area contributed by atoms with E-state index in [2.05, 4.69) is 10.1 Å². The van der Waals surface area contributed by atoms with Gasteiger partial charge in [0.05, 0.1) is 29.1 Å². The fraction of sp³-hybridized carbons (Fsp3) is 0.364. The van der Waals surface area contributed by atoms with Crippen LogP contribution in [0.4, 0.5) is 5.69 Å². The normalized spacial score (nSPS) is 10.6. The average Bonchev–Trinajstić information content (AvgIpc) is 2.88. The van der Waals surface area contributed by atoms with Crippen LogP contribution in [0.15, 0.2) is 17.8 Å². The second-order valence-corrected chi connectivity index (χ2v) is 5.14. The van der Waals surface area contributed by atoms with Crippen molar-refractivity contribution in [3.05, 3.63) is 28.5 Å². The van der Waals surface area contributed by atoms with Gasteiger partial charge in [0.15, 0.2) is 0 Å². The van der Waals surface area contributed by atoms with Crippen LogP contribution in [0, 0.1) is 6.92 Å². The van der Waals surface area contributed by atoms with Gasteiger partial charge in [0.2, 0.25) is 5.91 Å². The lowest BCUT2D eigenvalue weighted by molar-refractivity contribution is -0.131. The molecule has 0 aliphatic heterocycles. The van der Waals surface area contributed by atoms with Gasteiger partial charge in [-0.2, -0.15) is 5.10 Å². The van der Waals surface area contributed by atoms with Gasteiger partial charge in [-0.3, -0.25) is 9.48 Å². The number of aromatic nitrogens is 3. The summed E-state index contributed by atoms with van der Waals surface area (Å²) >= 11 is 1.58. The lowest BCUT2D eigenvalue weighted by Crippen LogP contribution is -2.30. The first-order valence-corrected chi connectivity index (χ1v) is 6.35. The van der Waals surface area contributed by atoms with E-state index in [4.69, 9.17) is 5.73 Å². The Hall–Kier alpha value is -1.89. The van der Waals surface area contributed by atoms with E-state index in [0.717, 1.165) is 10.7 Å². The summed E-state index contributed by atoms with van der Waals surface area (Å²) in [5, 5.41) is 6.95. The zero-order valence-corrected chi connectivity index (χ0v) is 11.1. The molecular weight excluding hydrogens is 250 g/mol. The second kappa shape index (κ2) is 5.18. The van der Waals surface area contributed by atoms with Crippen molar-refractivity contribution >= 4 is 22.9 Å². The van der Waals surface area contributed by atoms with E-state index >= 15 is 0 Å². The van der Waals surface area contributed by atoms with Gasteiger partial charge < -0.3 is 10.6 Å². The summed E-state index contributed by atoms with van der Waals surface area (Å²) in [5.41, 5.74) is 7.01. The Labute approximate surface area is 109 Å². The molecule has 1 amide bonds. The first-order chi connectivity index (χ1) is 8.54. The molecule has 7 heteroatoms. The summed E-state index contributed by atoms with van der Waals surface area (Å²) in [7, 11) is 1.75. The highest BCUT2D eigenvalue weighted by Crippen LogP contribution is 2.10. The van der Waals surface area contributed by atoms with Crippen molar-refractivity contribution in [3.8, 4) is 0 Å². The van der Waals surface area contributed by atoms with E-state index in [1.165, 1.54) is 10.9 Å². The highest BCUT2D eigenvalue weighted by atomic mass is 32.1. The van der Waals surface area contributed by atoms with Crippen LogP contribution in [0.5, 0.6) is 0 Å². The van der Waals surface area contributed by atoms with Crippen LogP contribution in [0.2, 0.25) is 0 Å². The number of amides is 1. The number of aryl methyl sites for hydroxylation is 1. The monoisotopic (exact) mass is 265 g/mol. The molecule has 2 aromatic rings. The molecule has 96 valence electrons. The number of nitrogen functional groups attached to an aromatic ring is 1. The molecule has 2 rings (SSSR count). The molecule has 0 saturated heterocycles. The van der Waals surface area contributed by atoms with Gasteiger partial charge in [0, 0.05) is 18.6 Å². The van der Waals surface area contributed by atoms with E-state index in [1.54, 1.807) is 29.5 Å². The smallest absolute Gasteiger partial charge is 0.244 e. The maximum atomic E-state index is 11.9.